The minimum Gasteiger partial charge on any atom is -0.497 e. The van der Waals surface area contributed by atoms with Crippen LogP contribution in [0.2, 0.25) is 0 Å². The number of likely N-dealkylation sites (tertiary alicyclic amines) is 1. The van der Waals surface area contributed by atoms with E-state index in [2.05, 4.69) is 36.3 Å². The molecule has 3 heterocycles. The second-order valence-corrected chi connectivity index (χ2v) is 12.5. The monoisotopic (exact) mass is 566 g/mol. The molecular formula is C32H46N4O5. The zero-order chi connectivity index (χ0) is 29.3. The lowest BCUT2D eigenvalue weighted by Crippen LogP contribution is -2.58. The van der Waals surface area contributed by atoms with Gasteiger partial charge in [-0.15, -0.1) is 0 Å². The summed E-state index contributed by atoms with van der Waals surface area (Å²) in [6, 6.07) is 6.34. The summed E-state index contributed by atoms with van der Waals surface area (Å²) in [7, 11) is 3.63. The SMILES string of the molecule is CCCCN(C)CCN1C(=O)[C@@H]2[C@H](C(=O)Nc3ccc(OC)cc3)[C@@H]3C=C[C@@]2(O3)[C@@H]1C(=O)N[C@@H]1CCC[C@@H](C)[C@H]1C. The van der Waals surface area contributed by atoms with Crippen molar-refractivity contribution in [1.29, 1.82) is 0 Å². The molecule has 9 nitrogen and oxygen atoms in total. The number of likely N-dealkylation sites (N-methyl/N-ethyl adjacent to an activating group) is 1. The van der Waals surface area contributed by atoms with Gasteiger partial charge in [0.25, 0.3) is 0 Å². The zero-order valence-electron chi connectivity index (χ0n) is 25.1. The van der Waals surface area contributed by atoms with Gasteiger partial charge in [0, 0.05) is 24.8 Å². The van der Waals surface area contributed by atoms with E-state index in [4.69, 9.17) is 9.47 Å². The van der Waals surface area contributed by atoms with Gasteiger partial charge in [-0.3, -0.25) is 14.4 Å². The first-order chi connectivity index (χ1) is 19.7. The predicted octanol–water partition coefficient (Wildman–Crippen LogP) is 3.46. The molecule has 5 rings (SSSR count). The maximum Gasteiger partial charge on any atom is 0.246 e. The molecular weight excluding hydrogens is 520 g/mol. The van der Waals surface area contributed by atoms with Crippen LogP contribution in [-0.2, 0) is 19.1 Å². The lowest BCUT2D eigenvalue weighted by Gasteiger charge is -2.38. The fourth-order valence-electron chi connectivity index (χ4n) is 7.27. The third-order valence-corrected chi connectivity index (χ3v) is 9.93. The number of nitrogens with zero attached hydrogens (tertiary/aromatic N) is 2. The quantitative estimate of drug-likeness (QED) is 0.398. The normalized spacial score (nSPS) is 33.8. The van der Waals surface area contributed by atoms with Gasteiger partial charge in [0.1, 0.15) is 17.4 Å². The van der Waals surface area contributed by atoms with Crippen molar-refractivity contribution < 1.29 is 23.9 Å². The first-order valence-electron chi connectivity index (χ1n) is 15.3. The molecule has 4 aliphatic rings. The Morgan fingerprint density at radius 3 is 2.61 bits per heavy atom. The number of anilines is 1. The molecule has 0 radical (unpaired) electrons. The van der Waals surface area contributed by atoms with Crippen molar-refractivity contribution in [2.45, 2.75) is 76.7 Å². The minimum atomic E-state index is -1.15. The number of carbonyl (C=O) groups is 3. The molecule has 0 aromatic heterocycles. The van der Waals surface area contributed by atoms with Crippen molar-refractivity contribution in [3.05, 3.63) is 36.4 Å². The molecule has 1 aromatic carbocycles. The van der Waals surface area contributed by atoms with Gasteiger partial charge in [-0.05, 0) is 62.5 Å². The van der Waals surface area contributed by atoms with E-state index < -0.39 is 29.6 Å². The molecule has 0 unspecified atom stereocenters. The Balaban J connectivity index is 1.40. The molecule has 1 aromatic rings. The van der Waals surface area contributed by atoms with Gasteiger partial charge in [0.15, 0.2) is 0 Å². The van der Waals surface area contributed by atoms with Crippen LogP contribution >= 0.6 is 0 Å². The van der Waals surface area contributed by atoms with Gasteiger partial charge in [-0.1, -0.05) is 52.2 Å². The van der Waals surface area contributed by atoms with Crippen molar-refractivity contribution in [3.8, 4) is 5.75 Å². The van der Waals surface area contributed by atoms with Crippen molar-refractivity contribution in [2.75, 3.05) is 39.1 Å². The van der Waals surface area contributed by atoms with E-state index in [1.807, 2.05) is 19.2 Å². The van der Waals surface area contributed by atoms with Crippen LogP contribution < -0.4 is 15.4 Å². The van der Waals surface area contributed by atoms with Crippen molar-refractivity contribution in [3.63, 3.8) is 0 Å². The number of rotatable bonds is 11. The molecule has 2 bridgehead atoms. The predicted molar refractivity (Wildman–Crippen MR) is 157 cm³/mol. The molecule has 2 saturated heterocycles. The van der Waals surface area contributed by atoms with Gasteiger partial charge in [-0.25, -0.2) is 0 Å². The number of carbonyl (C=O) groups excluding carboxylic acids is 3. The van der Waals surface area contributed by atoms with Crippen molar-refractivity contribution in [2.24, 2.45) is 23.7 Å². The van der Waals surface area contributed by atoms with E-state index in [0.717, 1.165) is 38.6 Å². The number of benzene rings is 1. The van der Waals surface area contributed by atoms with E-state index in [-0.39, 0.29) is 23.8 Å². The summed E-state index contributed by atoms with van der Waals surface area (Å²) in [4.78, 5) is 45.9. The second-order valence-electron chi connectivity index (χ2n) is 12.5. The first-order valence-corrected chi connectivity index (χ1v) is 15.3. The molecule has 224 valence electrons. The lowest BCUT2D eigenvalue weighted by atomic mass is 9.73. The summed E-state index contributed by atoms with van der Waals surface area (Å²) in [6.45, 7) is 8.57. The minimum absolute atomic E-state index is 0.0580. The summed E-state index contributed by atoms with van der Waals surface area (Å²) < 4.78 is 11.7. The molecule has 1 spiro atoms. The van der Waals surface area contributed by atoms with Gasteiger partial charge >= 0.3 is 0 Å². The topological polar surface area (TPSA) is 100 Å². The number of ether oxygens (including phenoxy) is 2. The van der Waals surface area contributed by atoms with Crippen LogP contribution in [0.3, 0.4) is 0 Å². The third kappa shape index (κ3) is 5.50. The van der Waals surface area contributed by atoms with Crippen LogP contribution in [0.4, 0.5) is 5.69 Å². The average Bonchev–Trinajstić information content (AvgIpc) is 3.60. The Kier molecular flexibility index (Phi) is 8.76. The summed E-state index contributed by atoms with van der Waals surface area (Å²) in [6.07, 6.45) is 8.52. The van der Waals surface area contributed by atoms with Gasteiger partial charge in [-0.2, -0.15) is 0 Å². The Morgan fingerprint density at radius 1 is 1.15 bits per heavy atom. The highest BCUT2D eigenvalue weighted by Gasteiger charge is 2.72. The van der Waals surface area contributed by atoms with E-state index >= 15 is 0 Å². The number of hydrogen-bond acceptors (Lipinski definition) is 6. The van der Waals surface area contributed by atoms with Crippen molar-refractivity contribution in [1.82, 2.24) is 15.1 Å². The van der Waals surface area contributed by atoms with Crippen LogP contribution in [0, 0.1) is 23.7 Å². The Bertz CT molecular complexity index is 1160. The smallest absolute Gasteiger partial charge is 0.246 e. The number of nitrogens with one attached hydrogen (secondary N) is 2. The largest absolute Gasteiger partial charge is 0.497 e. The number of fused-ring (bicyclic) bond motifs is 1. The van der Waals surface area contributed by atoms with E-state index in [1.165, 1.54) is 0 Å². The highest BCUT2D eigenvalue weighted by Crippen LogP contribution is 2.55. The number of unbranched alkanes of at least 4 members (excludes halogenated alkanes) is 1. The van der Waals surface area contributed by atoms with Crippen molar-refractivity contribution >= 4 is 23.4 Å². The highest BCUT2D eigenvalue weighted by molar-refractivity contribution is 6.02. The highest BCUT2D eigenvalue weighted by atomic mass is 16.5. The lowest BCUT2D eigenvalue weighted by molar-refractivity contribution is -0.141. The third-order valence-electron chi connectivity index (χ3n) is 9.93. The summed E-state index contributed by atoms with van der Waals surface area (Å²) in [5.74, 6) is -0.541. The van der Waals surface area contributed by atoms with E-state index in [9.17, 15) is 14.4 Å². The Hall–Kier alpha value is -2.91. The standard InChI is InChI=1S/C32H46N4O5/c1-6-7-17-35(4)18-19-36-28(30(38)34-24-10-8-9-20(2)21(24)3)32-16-15-25(41-32)26(27(32)31(36)39)29(37)33-22-11-13-23(40-5)14-12-22/h11-16,20-21,24-28H,6-10,17-19H2,1-5H3,(H,33,37)(H,34,38)/t20-,21-,24-,25+,26-,27+,28+,32+/m1/s1. The average molecular weight is 567 g/mol. The summed E-state index contributed by atoms with van der Waals surface area (Å²) >= 11 is 0. The van der Waals surface area contributed by atoms with Crippen LogP contribution in [-0.4, -0.2) is 85.1 Å². The molecule has 41 heavy (non-hydrogen) atoms. The number of amides is 3. The maximum absolute atomic E-state index is 14.2. The Labute approximate surface area is 244 Å². The molecule has 3 fully saturated rings. The molecule has 8 atom stereocenters. The number of hydrogen-bond donors (Lipinski definition) is 2. The van der Waals surface area contributed by atoms with E-state index in [0.29, 0.717) is 36.4 Å². The maximum atomic E-state index is 14.2. The molecule has 2 N–H and O–H groups in total. The van der Waals surface area contributed by atoms with Crippen LogP contribution in [0.15, 0.2) is 36.4 Å². The molecule has 1 saturated carbocycles. The van der Waals surface area contributed by atoms with E-state index in [1.54, 1.807) is 36.3 Å². The first kappa shape index (κ1) is 29.6. The number of methoxy groups -OCH3 is 1. The zero-order valence-corrected chi connectivity index (χ0v) is 25.1. The molecule has 1 aliphatic carbocycles. The molecule has 3 amide bonds. The molecule has 3 aliphatic heterocycles. The van der Waals surface area contributed by atoms with Gasteiger partial charge in [0.2, 0.25) is 17.7 Å². The van der Waals surface area contributed by atoms with Crippen LogP contribution in [0.5, 0.6) is 5.75 Å². The van der Waals surface area contributed by atoms with Crippen LogP contribution in [0.1, 0.15) is 52.9 Å². The van der Waals surface area contributed by atoms with Gasteiger partial charge in [0.05, 0.1) is 25.0 Å². The molecule has 9 heteroatoms. The van der Waals surface area contributed by atoms with Gasteiger partial charge < -0.3 is 29.9 Å². The second kappa shape index (κ2) is 12.1. The Morgan fingerprint density at radius 2 is 1.90 bits per heavy atom. The fourth-order valence-corrected chi connectivity index (χ4v) is 7.27. The van der Waals surface area contributed by atoms with Crippen LogP contribution in [0.25, 0.3) is 0 Å². The fraction of sp³-hybridized carbons (Fsp3) is 0.656. The summed E-state index contributed by atoms with van der Waals surface area (Å²) in [5, 5.41) is 6.30. The summed E-state index contributed by atoms with van der Waals surface area (Å²) in [5.41, 5.74) is -0.537.